The standard InChI is InChI=1S/C23H30N2O2/c1-15(23-12-16-8-17(13-23)10-18(9-16)14-23)24-22(27)19-4-2-5-20(11-19)25-7-3-6-21(25)26/h2,4-5,11,15-18H,3,6-10,12-14H2,1H3,(H,24,27). The quantitative estimate of drug-likeness (QED) is 0.870. The van der Waals surface area contributed by atoms with Crippen LogP contribution in [-0.2, 0) is 4.79 Å². The normalized spacial score (nSPS) is 35.5. The molecular weight excluding hydrogens is 336 g/mol. The van der Waals surface area contributed by atoms with Crippen LogP contribution in [0.25, 0.3) is 0 Å². The first-order valence-electron chi connectivity index (χ1n) is 10.7. The van der Waals surface area contributed by atoms with E-state index in [2.05, 4.69) is 12.2 Å². The lowest BCUT2D eigenvalue weighted by Crippen LogP contribution is -2.55. The average molecular weight is 367 g/mol. The highest BCUT2D eigenvalue weighted by Gasteiger charge is 2.53. The number of hydrogen-bond donors (Lipinski definition) is 1. The van der Waals surface area contributed by atoms with Crippen LogP contribution in [-0.4, -0.2) is 24.4 Å². The molecule has 1 N–H and O–H groups in total. The fourth-order valence-corrected chi connectivity index (χ4v) is 6.88. The Labute approximate surface area is 161 Å². The molecule has 1 unspecified atom stereocenters. The first-order valence-corrected chi connectivity index (χ1v) is 10.7. The molecule has 4 aliphatic carbocycles. The molecule has 0 spiro atoms. The van der Waals surface area contributed by atoms with Gasteiger partial charge in [-0.1, -0.05) is 6.07 Å². The maximum Gasteiger partial charge on any atom is 0.251 e. The zero-order valence-electron chi connectivity index (χ0n) is 16.2. The average Bonchev–Trinajstić information content (AvgIpc) is 3.06. The summed E-state index contributed by atoms with van der Waals surface area (Å²) < 4.78 is 0. The maximum atomic E-state index is 13.0. The van der Waals surface area contributed by atoms with E-state index in [-0.39, 0.29) is 17.9 Å². The molecule has 5 aliphatic rings. The van der Waals surface area contributed by atoms with Crippen molar-refractivity contribution in [3.63, 3.8) is 0 Å². The van der Waals surface area contributed by atoms with Crippen LogP contribution in [0.3, 0.4) is 0 Å². The first kappa shape index (κ1) is 17.3. The van der Waals surface area contributed by atoms with Crippen molar-refractivity contribution in [2.75, 3.05) is 11.4 Å². The number of carbonyl (C=O) groups excluding carboxylic acids is 2. The van der Waals surface area contributed by atoms with Gasteiger partial charge in [0.1, 0.15) is 0 Å². The summed E-state index contributed by atoms with van der Waals surface area (Å²) in [5.74, 6) is 2.83. The number of nitrogens with one attached hydrogen (secondary N) is 1. The summed E-state index contributed by atoms with van der Waals surface area (Å²) in [6.45, 7) is 2.98. The van der Waals surface area contributed by atoms with Crippen LogP contribution >= 0.6 is 0 Å². The summed E-state index contributed by atoms with van der Waals surface area (Å²) in [6, 6.07) is 7.79. The van der Waals surface area contributed by atoms with Crippen molar-refractivity contribution in [3.8, 4) is 0 Å². The van der Waals surface area contributed by atoms with Crippen molar-refractivity contribution in [3.05, 3.63) is 29.8 Å². The van der Waals surface area contributed by atoms with Crippen LogP contribution in [0.5, 0.6) is 0 Å². The Bertz CT molecular complexity index is 736. The lowest BCUT2D eigenvalue weighted by atomic mass is 9.48. The minimum atomic E-state index is 0.00624. The molecule has 4 heteroatoms. The van der Waals surface area contributed by atoms with E-state index in [0.29, 0.717) is 17.4 Å². The van der Waals surface area contributed by atoms with Gasteiger partial charge in [0.2, 0.25) is 5.91 Å². The van der Waals surface area contributed by atoms with E-state index in [1.807, 2.05) is 24.3 Å². The van der Waals surface area contributed by atoms with Crippen LogP contribution in [0.4, 0.5) is 5.69 Å². The van der Waals surface area contributed by atoms with E-state index in [1.165, 1.54) is 38.5 Å². The molecule has 2 amide bonds. The molecule has 6 rings (SSSR count). The Kier molecular flexibility index (Phi) is 4.06. The molecule has 4 bridgehead atoms. The minimum Gasteiger partial charge on any atom is -0.349 e. The monoisotopic (exact) mass is 366 g/mol. The number of hydrogen-bond acceptors (Lipinski definition) is 2. The smallest absolute Gasteiger partial charge is 0.251 e. The number of carbonyl (C=O) groups is 2. The van der Waals surface area contributed by atoms with Crippen LogP contribution in [0, 0.1) is 23.2 Å². The van der Waals surface area contributed by atoms with Crippen molar-refractivity contribution in [1.29, 1.82) is 0 Å². The van der Waals surface area contributed by atoms with Crippen LogP contribution in [0.15, 0.2) is 24.3 Å². The Balaban J connectivity index is 1.31. The molecule has 1 saturated heterocycles. The summed E-state index contributed by atoms with van der Waals surface area (Å²) in [4.78, 5) is 26.8. The van der Waals surface area contributed by atoms with Gasteiger partial charge in [0.15, 0.2) is 0 Å². The molecular formula is C23H30N2O2. The fourth-order valence-electron chi connectivity index (χ4n) is 6.88. The molecule has 0 aromatic heterocycles. The summed E-state index contributed by atoms with van der Waals surface area (Å²) in [6.07, 6.45) is 9.66. The Hall–Kier alpha value is -1.84. The van der Waals surface area contributed by atoms with E-state index in [9.17, 15) is 9.59 Å². The van der Waals surface area contributed by atoms with Gasteiger partial charge >= 0.3 is 0 Å². The number of anilines is 1. The van der Waals surface area contributed by atoms with Crippen molar-refractivity contribution in [2.24, 2.45) is 23.2 Å². The highest BCUT2D eigenvalue weighted by molar-refractivity contribution is 5.99. The SMILES string of the molecule is CC(NC(=O)c1cccc(N2CCCC2=O)c1)C12CC3CC(CC(C3)C1)C2. The van der Waals surface area contributed by atoms with E-state index in [1.54, 1.807) is 4.90 Å². The largest absolute Gasteiger partial charge is 0.349 e. The Morgan fingerprint density at radius 1 is 1.15 bits per heavy atom. The Morgan fingerprint density at radius 2 is 1.81 bits per heavy atom. The van der Waals surface area contributed by atoms with Crippen molar-refractivity contribution < 1.29 is 9.59 Å². The van der Waals surface area contributed by atoms with Crippen molar-refractivity contribution in [2.45, 2.75) is 64.3 Å². The van der Waals surface area contributed by atoms with Crippen LogP contribution in [0.1, 0.15) is 68.6 Å². The molecule has 0 radical (unpaired) electrons. The second-order valence-corrected chi connectivity index (χ2v) is 9.67. The summed E-state index contributed by atoms with van der Waals surface area (Å²) in [7, 11) is 0. The van der Waals surface area contributed by atoms with Crippen molar-refractivity contribution in [1.82, 2.24) is 5.32 Å². The third-order valence-corrected chi connectivity index (χ3v) is 7.85. The second-order valence-electron chi connectivity index (χ2n) is 9.67. The first-order chi connectivity index (χ1) is 13.0. The summed E-state index contributed by atoms with van der Waals surface area (Å²) >= 11 is 0. The topological polar surface area (TPSA) is 49.4 Å². The number of nitrogens with zero attached hydrogens (tertiary/aromatic N) is 1. The molecule has 1 aromatic rings. The van der Waals surface area contributed by atoms with Gasteiger partial charge in [0.25, 0.3) is 5.91 Å². The lowest BCUT2D eigenvalue weighted by Gasteiger charge is -2.59. The summed E-state index contributed by atoms with van der Waals surface area (Å²) in [5.41, 5.74) is 1.84. The molecule has 4 nitrogen and oxygen atoms in total. The van der Waals surface area contributed by atoms with Crippen LogP contribution in [0.2, 0.25) is 0 Å². The third kappa shape index (κ3) is 2.97. The predicted octanol–water partition coefficient (Wildman–Crippen LogP) is 4.15. The molecule has 1 aliphatic heterocycles. The van der Waals surface area contributed by atoms with Gasteiger partial charge in [-0.25, -0.2) is 0 Å². The number of rotatable bonds is 4. The van der Waals surface area contributed by atoms with E-state index in [0.717, 1.165) is 36.4 Å². The Morgan fingerprint density at radius 3 is 2.41 bits per heavy atom. The molecule has 1 atom stereocenters. The highest BCUT2D eigenvalue weighted by atomic mass is 16.2. The van der Waals surface area contributed by atoms with E-state index >= 15 is 0 Å². The van der Waals surface area contributed by atoms with Gasteiger partial charge in [0, 0.05) is 30.3 Å². The van der Waals surface area contributed by atoms with Gasteiger partial charge in [-0.2, -0.15) is 0 Å². The fraction of sp³-hybridized carbons (Fsp3) is 0.652. The molecule has 1 heterocycles. The van der Waals surface area contributed by atoms with Gasteiger partial charge in [0.05, 0.1) is 0 Å². The maximum absolute atomic E-state index is 13.0. The van der Waals surface area contributed by atoms with Gasteiger partial charge < -0.3 is 10.2 Å². The third-order valence-electron chi connectivity index (χ3n) is 7.85. The van der Waals surface area contributed by atoms with Gasteiger partial charge in [-0.05, 0) is 93.2 Å². The van der Waals surface area contributed by atoms with E-state index < -0.39 is 0 Å². The molecule has 1 aromatic carbocycles. The molecule has 5 fully saturated rings. The van der Waals surface area contributed by atoms with E-state index in [4.69, 9.17) is 0 Å². The second kappa shape index (κ2) is 6.35. The summed E-state index contributed by atoms with van der Waals surface area (Å²) in [5, 5.41) is 3.34. The molecule has 4 saturated carbocycles. The lowest BCUT2D eigenvalue weighted by molar-refractivity contribution is -0.117. The molecule has 27 heavy (non-hydrogen) atoms. The molecule has 144 valence electrons. The van der Waals surface area contributed by atoms with Crippen molar-refractivity contribution >= 4 is 17.5 Å². The highest BCUT2D eigenvalue weighted by Crippen LogP contribution is 2.61. The minimum absolute atomic E-state index is 0.00624. The van der Waals surface area contributed by atoms with Gasteiger partial charge in [-0.15, -0.1) is 0 Å². The van der Waals surface area contributed by atoms with Gasteiger partial charge in [-0.3, -0.25) is 9.59 Å². The zero-order chi connectivity index (χ0) is 18.6. The zero-order valence-corrected chi connectivity index (χ0v) is 16.2. The number of benzene rings is 1. The van der Waals surface area contributed by atoms with Crippen LogP contribution < -0.4 is 10.2 Å². The number of amides is 2. The predicted molar refractivity (Wildman–Crippen MR) is 106 cm³/mol.